The Bertz CT molecular complexity index is 1860. The van der Waals surface area contributed by atoms with E-state index in [9.17, 15) is 13.2 Å². The van der Waals surface area contributed by atoms with Crippen molar-refractivity contribution in [2.45, 2.75) is 51.0 Å². The molecule has 230 valence electrons. The van der Waals surface area contributed by atoms with Gasteiger partial charge in [-0.05, 0) is 56.2 Å². The summed E-state index contributed by atoms with van der Waals surface area (Å²) in [6.07, 6.45) is 2.93. The van der Waals surface area contributed by atoms with Crippen molar-refractivity contribution in [2.24, 2.45) is 0 Å². The Hall–Kier alpha value is -5.04. The molecule has 5 aromatic rings. The highest BCUT2D eigenvalue weighted by Gasteiger charge is 2.25. The van der Waals surface area contributed by atoms with Crippen molar-refractivity contribution in [3.63, 3.8) is 0 Å². The largest absolute Gasteiger partial charge is 0.496 e. The minimum atomic E-state index is -4.12. The SMILES string of the molecule is COc1cc(Cn2cc(CNC(=O)OC(C)(C)C)cn2)cc2onc(NS(=O)(=O)c3ccccc3OCc3ccccc3)c12. The smallest absolute Gasteiger partial charge is 0.407 e. The fourth-order valence-corrected chi connectivity index (χ4v) is 5.53. The van der Waals surface area contributed by atoms with Crippen molar-refractivity contribution >= 4 is 32.9 Å². The van der Waals surface area contributed by atoms with Crippen LogP contribution in [0.25, 0.3) is 11.0 Å². The Balaban J connectivity index is 1.31. The first-order valence-corrected chi connectivity index (χ1v) is 15.2. The number of rotatable bonds is 11. The molecule has 0 fully saturated rings. The Morgan fingerprint density at radius 1 is 0.977 bits per heavy atom. The third kappa shape index (κ3) is 7.48. The maximum atomic E-state index is 13.5. The van der Waals surface area contributed by atoms with Gasteiger partial charge in [-0.3, -0.25) is 9.40 Å². The van der Waals surface area contributed by atoms with E-state index in [2.05, 4.69) is 20.3 Å². The predicted molar refractivity (Wildman–Crippen MR) is 163 cm³/mol. The molecule has 0 bridgehead atoms. The first-order valence-electron chi connectivity index (χ1n) is 13.7. The van der Waals surface area contributed by atoms with Crippen LogP contribution in [0, 0.1) is 0 Å². The number of carbonyl (C=O) groups is 1. The molecule has 2 aromatic heterocycles. The minimum absolute atomic E-state index is 0.0177. The molecule has 0 spiro atoms. The summed E-state index contributed by atoms with van der Waals surface area (Å²) < 4.78 is 53.4. The molecule has 13 heteroatoms. The van der Waals surface area contributed by atoms with E-state index in [4.69, 9.17) is 18.7 Å². The zero-order valence-corrected chi connectivity index (χ0v) is 25.6. The van der Waals surface area contributed by atoms with Crippen LogP contribution in [0.3, 0.4) is 0 Å². The molecular formula is C31H33N5O7S. The number of alkyl carbamates (subject to hydrolysis) is 1. The number of hydrogen-bond acceptors (Lipinski definition) is 9. The number of benzene rings is 3. The van der Waals surface area contributed by atoms with Crippen LogP contribution in [0.5, 0.6) is 11.5 Å². The Labute approximate surface area is 255 Å². The molecule has 2 heterocycles. The van der Waals surface area contributed by atoms with Crippen LogP contribution in [-0.4, -0.2) is 42.2 Å². The van der Waals surface area contributed by atoms with Crippen molar-refractivity contribution in [3.05, 3.63) is 95.8 Å². The number of carbonyl (C=O) groups excluding carboxylic acids is 1. The maximum absolute atomic E-state index is 13.5. The Kier molecular flexibility index (Phi) is 8.76. The first-order chi connectivity index (χ1) is 21.0. The van der Waals surface area contributed by atoms with Crippen LogP contribution in [0.2, 0.25) is 0 Å². The predicted octanol–water partition coefficient (Wildman–Crippen LogP) is 5.49. The highest BCUT2D eigenvalue weighted by atomic mass is 32.2. The van der Waals surface area contributed by atoms with Gasteiger partial charge in [0.05, 0.1) is 19.9 Å². The monoisotopic (exact) mass is 619 g/mol. The molecule has 0 unspecified atom stereocenters. The van der Waals surface area contributed by atoms with Gasteiger partial charge in [-0.25, -0.2) is 13.2 Å². The average Bonchev–Trinajstić information content (AvgIpc) is 3.60. The van der Waals surface area contributed by atoms with Crippen LogP contribution >= 0.6 is 0 Å². The summed E-state index contributed by atoms with van der Waals surface area (Å²) in [7, 11) is -2.64. The summed E-state index contributed by atoms with van der Waals surface area (Å²) in [6, 6.07) is 19.3. The van der Waals surface area contributed by atoms with E-state index >= 15 is 0 Å². The molecule has 12 nitrogen and oxygen atoms in total. The lowest BCUT2D eigenvalue weighted by molar-refractivity contribution is 0.0523. The highest BCUT2D eigenvalue weighted by Crippen LogP contribution is 2.36. The van der Waals surface area contributed by atoms with Gasteiger partial charge in [0, 0.05) is 18.3 Å². The molecule has 0 aliphatic carbocycles. The number of anilines is 1. The molecule has 1 amide bonds. The summed E-state index contributed by atoms with van der Waals surface area (Å²) in [5.74, 6) is 0.547. The topological polar surface area (TPSA) is 147 Å². The lowest BCUT2D eigenvalue weighted by atomic mass is 10.1. The van der Waals surface area contributed by atoms with E-state index in [-0.39, 0.29) is 29.6 Å². The molecule has 0 radical (unpaired) electrons. The normalized spacial score (nSPS) is 11.7. The van der Waals surface area contributed by atoms with Crippen molar-refractivity contribution in [2.75, 3.05) is 11.8 Å². The van der Waals surface area contributed by atoms with Crippen LogP contribution in [-0.2, 0) is 34.5 Å². The van der Waals surface area contributed by atoms with Crippen LogP contribution in [0.4, 0.5) is 10.6 Å². The Morgan fingerprint density at radius 2 is 1.73 bits per heavy atom. The highest BCUT2D eigenvalue weighted by molar-refractivity contribution is 7.92. The van der Waals surface area contributed by atoms with E-state index in [1.165, 1.54) is 13.2 Å². The number of aromatic nitrogens is 3. The van der Waals surface area contributed by atoms with Crippen molar-refractivity contribution < 1.29 is 31.9 Å². The number of nitrogens with zero attached hydrogens (tertiary/aromatic N) is 3. The summed E-state index contributed by atoms with van der Waals surface area (Å²) in [5.41, 5.74) is 2.19. The van der Waals surface area contributed by atoms with Gasteiger partial charge >= 0.3 is 6.09 Å². The lowest BCUT2D eigenvalue weighted by Crippen LogP contribution is -2.32. The summed E-state index contributed by atoms with van der Waals surface area (Å²) in [4.78, 5) is 11.9. The molecule has 0 atom stereocenters. The van der Waals surface area contributed by atoms with Gasteiger partial charge in [-0.1, -0.05) is 47.6 Å². The van der Waals surface area contributed by atoms with Gasteiger partial charge < -0.3 is 24.1 Å². The molecule has 5 rings (SSSR count). The molecule has 44 heavy (non-hydrogen) atoms. The van der Waals surface area contributed by atoms with Crippen LogP contribution in [0.15, 0.2) is 88.5 Å². The molecule has 0 saturated heterocycles. The maximum Gasteiger partial charge on any atom is 0.407 e. The Morgan fingerprint density at radius 3 is 2.48 bits per heavy atom. The second kappa shape index (κ2) is 12.7. The van der Waals surface area contributed by atoms with Crippen molar-refractivity contribution in [1.82, 2.24) is 20.3 Å². The van der Waals surface area contributed by atoms with Crippen molar-refractivity contribution in [1.29, 1.82) is 0 Å². The number of ether oxygens (including phenoxy) is 3. The van der Waals surface area contributed by atoms with Crippen LogP contribution < -0.4 is 19.5 Å². The number of nitrogens with one attached hydrogen (secondary N) is 2. The molecule has 0 aliphatic rings. The standard InChI is InChI=1S/C31H33N5O7S/c1-31(2,3)42-30(37)32-16-23-17-33-36(19-23)18-22-14-25(40-4)28-26(15-22)43-34-29(28)35-44(38,39)27-13-9-8-12-24(27)41-20-21-10-6-5-7-11-21/h5-15,17,19H,16,18,20H2,1-4H3,(H,32,37)(H,34,35). The van der Waals surface area contributed by atoms with Gasteiger partial charge in [-0.2, -0.15) is 5.10 Å². The number of fused-ring (bicyclic) bond motifs is 1. The zero-order valence-electron chi connectivity index (χ0n) is 24.7. The van der Waals surface area contributed by atoms with E-state index in [0.717, 1.165) is 16.7 Å². The zero-order chi connectivity index (χ0) is 31.3. The number of hydrogen-bond donors (Lipinski definition) is 2. The third-order valence-corrected chi connectivity index (χ3v) is 7.67. The van der Waals surface area contributed by atoms with E-state index in [0.29, 0.717) is 23.3 Å². The number of methoxy groups -OCH3 is 1. The molecular weight excluding hydrogens is 586 g/mol. The average molecular weight is 620 g/mol. The van der Waals surface area contributed by atoms with Gasteiger partial charge in [-0.15, -0.1) is 0 Å². The fraction of sp³-hybridized carbons (Fsp3) is 0.258. The summed E-state index contributed by atoms with van der Waals surface area (Å²) in [6.45, 7) is 6.20. The van der Waals surface area contributed by atoms with Crippen LogP contribution in [0.1, 0.15) is 37.5 Å². The number of para-hydroxylation sites is 1. The molecule has 2 N–H and O–H groups in total. The van der Waals surface area contributed by atoms with E-state index in [1.807, 2.05) is 30.3 Å². The molecule has 0 saturated carbocycles. The minimum Gasteiger partial charge on any atom is -0.496 e. The van der Waals surface area contributed by atoms with E-state index < -0.39 is 21.7 Å². The quantitative estimate of drug-likeness (QED) is 0.196. The first kappa shape index (κ1) is 30.4. The lowest BCUT2D eigenvalue weighted by Gasteiger charge is -2.19. The number of sulfonamides is 1. The third-order valence-electron chi connectivity index (χ3n) is 6.29. The number of amides is 1. The second-order valence-corrected chi connectivity index (χ2v) is 12.6. The summed E-state index contributed by atoms with van der Waals surface area (Å²) in [5, 5.41) is 11.4. The van der Waals surface area contributed by atoms with Gasteiger partial charge in [0.15, 0.2) is 11.4 Å². The molecule has 0 aliphatic heterocycles. The van der Waals surface area contributed by atoms with Gasteiger partial charge in [0.1, 0.15) is 34.0 Å². The second-order valence-electron chi connectivity index (χ2n) is 10.9. The summed E-state index contributed by atoms with van der Waals surface area (Å²) >= 11 is 0. The van der Waals surface area contributed by atoms with Gasteiger partial charge in [0.25, 0.3) is 10.0 Å². The van der Waals surface area contributed by atoms with Gasteiger partial charge in [0.2, 0.25) is 0 Å². The van der Waals surface area contributed by atoms with Crippen molar-refractivity contribution in [3.8, 4) is 11.5 Å². The van der Waals surface area contributed by atoms with E-state index in [1.54, 1.807) is 68.2 Å². The fourth-order valence-electron chi connectivity index (χ4n) is 4.38. The molecule has 3 aromatic carbocycles.